The van der Waals surface area contributed by atoms with Crippen molar-refractivity contribution in [3.8, 4) is 23.0 Å². The molecule has 3 aromatic rings. The molecule has 0 saturated carbocycles. The van der Waals surface area contributed by atoms with Crippen LogP contribution in [-0.2, 0) is 20.9 Å². The van der Waals surface area contributed by atoms with Crippen molar-refractivity contribution in [1.29, 1.82) is 0 Å². The number of hydrogen-bond acceptors (Lipinski definition) is 8. The highest BCUT2D eigenvalue weighted by molar-refractivity contribution is 6.46. The molecule has 0 bridgehead atoms. The van der Waals surface area contributed by atoms with Gasteiger partial charge in [0.05, 0.1) is 47.1 Å². The highest BCUT2D eigenvalue weighted by atomic mass is 16.5. The van der Waals surface area contributed by atoms with Gasteiger partial charge in [-0.15, -0.1) is 0 Å². The van der Waals surface area contributed by atoms with Gasteiger partial charge in [-0.3, -0.25) is 9.59 Å². The average molecular weight is 617 g/mol. The van der Waals surface area contributed by atoms with Crippen LogP contribution in [0.4, 0.5) is 0 Å². The van der Waals surface area contributed by atoms with Gasteiger partial charge in [0.2, 0.25) is 11.5 Å². The van der Waals surface area contributed by atoms with Gasteiger partial charge in [-0.05, 0) is 53.4 Å². The van der Waals surface area contributed by atoms with E-state index >= 15 is 0 Å². The van der Waals surface area contributed by atoms with Gasteiger partial charge in [0.15, 0.2) is 11.5 Å². The topological polar surface area (TPSA) is 111 Å². The fraction of sp³-hybridized carbons (Fsp3) is 0.371. The molecule has 0 spiro atoms. The molecule has 2 saturated heterocycles. The smallest absolute Gasteiger partial charge is 0.295 e. The number of likely N-dealkylation sites (tertiary alicyclic amines) is 1. The Hall–Kier alpha value is -4.54. The van der Waals surface area contributed by atoms with Gasteiger partial charge >= 0.3 is 0 Å². The molecule has 238 valence electrons. The van der Waals surface area contributed by atoms with Crippen LogP contribution in [0.1, 0.15) is 34.7 Å². The average Bonchev–Trinajstić information content (AvgIpc) is 3.32. The lowest BCUT2D eigenvalue weighted by atomic mass is 9.94. The fourth-order valence-corrected chi connectivity index (χ4v) is 5.96. The molecule has 2 aliphatic rings. The minimum Gasteiger partial charge on any atom is -0.872 e. The molecule has 10 nitrogen and oxygen atoms in total. The standard InChI is InChI=1S/C35H40N2O8/c1-23-19-25(11-12-27(23)45-22-24-9-6-5-7-10-24)32(38)30-31(26-20-28(41-2)34(43-4)29(21-26)42-3)37(35(40)33(30)39)14-8-13-36-15-17-44-18-16-36/h5-7,9-12,19-21,31,38H,8,13-18,22H2,1-4H3. The van der Waals surface area contributed by atoms with Gasteiger partial charge in [-0.1, -0.05) is 42.2 Å². The van der Waals surface area contributed by atoms with E-state index in [1.807, 2.05) is 37.3 Å². The third-order valence-corrected chi connectivity index (χ3v) is 8.34. The van der Waals surface area contributed by atoms with E-state index in [0.717, 1.165) is 30.8 Å². The number of methoxy groups -OCH3 is 3. The molecule has 0 aliphatic carbocycles. The summed E-state index contributed by atoms with van der Waals surface area (Å²) in [5.41, 5.74) is 2.47. The molecule has 1 N–H and O–H groups in total. The predicted molar refractivity (Wildman–Crippen MR) is 165 cm³/mol. The van der Waals surface area contributed by atoms with Gasteiger partial charge in [0.1, 0.15) is 25.4 Å². The number of morpholine rings is 1. The van der Waals surface area contributed by atoms with Gasteiger partial charge in [0.25, 0.3) is 5.91 Å². The second-order valence-corrected chi connectivity index (χ2v) is 11.2. The number of aryl methyl sites for hydroxylation is 1. The number of ether oxygens (including phenoxy) is 5. The number of rotatable bonds is 12. The summed E-state index contributed by atoms with van der Waals surface area (Å²) in [5, 5.41) is 14.1. The van der Waals surface area contributed by atoms with Gasteiger partial charge in [0, 0.05) is 18.5 Å². The van der Waals surface area contributed by atoms with Crippen LogP contribution in [0.2, 0.25) is 0 Å². The number of carbonyl (C=O) groups excluding carboxylic acids is 2. The molecule has 3 aromatic carbocycles. The number of nitrogens with one attached hydrogen (secondary N) is 1. The van der Waals surface area contributed by atoms with Crippen molar-refractivity contribution in [1.82, 2.24) is 4.90 Å². The molecule has 0 aromatic heterocycles. The second kappa shape index (κ2) is 14.5. The number of Topliss-reactive ketones (excluding diaryl/α,β-unsaturated/α-hetero) is 1. The molecule has 1 atom stereocenters. The van der Waals surface area contributed by atoms with Gasteiger partial charge in [-0.25, -0.2) is 0 Å². The van der Waals surface area contributed by atoms with E-state index in [1.54, 1.807) is 30.3 Å². The first kappa shape index (κ1) is 31.9. The molecular formula is C35H40N2O8. The zero-order valence-electron chi connectivity index (χ0n) is 26.2. The summed E-state index contributed by atoms with van der Waals surface area (Å²) in [6.45, 7) is 6.53. The van der Waals surface area contributed by atoms with E-state index in [4.69, 9.17) is 23.7 Å². The Morgan fingerprint density at radius 2 is 1.62 bits per heavy atom. The Morgan fingerprint density at radius 3 is 2.24 bits per heavy atom. The maximum atomic E-state index is 14.1. The lowest BCUT2D eigenvalue weighted by molar-refractivity contribution is -0.908. The third-order valence-electron chi connectivity index (χ3n) is 8.34. The zero-order chi connectivity index (χ0) is 31.9. The van der Waals surface area contributed by atoms with Crippen molar-refractivity contribution >= 4 is 17.4 Å². The van der Waals surface area contributed by atoms with Crippen LogP contribution in [0, 0.1) is 6.92 Å². The largest absolute Gasteiger partial charge is 0.872 e. The van der Waals surface area contributed by atoms with E-state index in [9.17, 15) is 14.7 Å². The van der Waals surface area contributed by atoms with Crippen LogP contribution in [0.5, 0.6) is 23.0 Å². The van der Waals surface area contributed by atoms with Crippen LogP contribution in [0.3, 0.4) is 0 Å². The maximum Gasteiger partial charge on any atom is 0.295 e. The molecule has 1 unspecified atom stereocenters. The van der Waals surface area contributed by atoms with Crippen molar-refractivity contribution in [3.05, 3.63) is 88.5 Å². The van der Waals surface area contributed by atoms with Crippen LogP contribution >= 0.6 is 0 Å². The molecule has 2 aliphatic heterocycles. The van der Waals surface area contributed by atoms with Crippen LogP contribution in [0.15, 0.2) is 66.2 Å². The molecule has 5 rings (SSSR count). The van der Waals surface area contributed by atoms with E-state index < -0.39 is 23.5 Å². The summed E-state index contributed by atoms with van der Waals surface area (Å²) in [5.74, 6) is -0.295. The Balaban J connectivity index is 1.51. The first-order valence-electron chi connectivity index (χ1n) is 15.1. The first-order chi connectivity index (χ1) is 21.9. The predicted octanol–water partition coefficient (Wildman–Crippen LogP) is 2.13. The van der Waals surface area contributed by atoms with Crippen molar-refractivity contribution in [3.63, 3.8) is 0 Å². The van der Waals surface area contributed by atoms with E-state index in [1.165, 1.54) is 31.1 Å². The lowest BCUT2D eigenvalue weighted by Gasteiger charge is -2.29. The zero-order valence-corrected chi connectivity index (χ0v) is 26.2. The molecule has 1 amide bonds. The Morgan fingerprint density at radius 1 is 0.933 bits per heavy atom. The van der Waals surface area contributed by atoms with Crippen LogP contribution in [-0.4, -0.2) is 77.3 Å². The van der Waals surface area contributed by atoms with Gasteiger partial charge < -0.3 is 38.6 Å². The third kappa shape index (κ3) is 6.92. The quantitative estimate of drug-likeness (QED) is 0.187. The Bertz CT molecular complexity index is 1520. The minimum atomic E-state index is -0.930. The highest BCUT2D eigenvalue weighted by Gasteiger charge is 2.44. The number of ketones is 1. The fourth-order valence-electron chi connectivity index (χ4n) is 5.96. The molecule has 2 heterocycles. The van der Waals surface area contributed by atoms with Crippen LogP contribution in [0.25, 0.3) is 5.76 Å². The van der Waals surface area contributed by atoms with Crippen molar-refractivity contribution in [2.45, 2.75) is 26.0 Å². The Kier molecular flexibility index (Phi) is 10.3. The number of hydrogen-bond donors (Lipinski definition) is 1. The van der Waals surface area contributed by atoms with Crippen molar-refractivity contribution in [2.75, 3.05) is 60.7 Å². The van der Waals surface area contributed by atoms with Gasteiger partial charge in [-0.2, -0.15) is 0 Å². The van der Waals surface area contributed by atoms with E-state index in [-0.39, 0.29) is 5.57 Å². The van der Waals surface area contributed by atoms with E-state index in [2.05, 4.69) is 0 Å². The SMILES string of the molecule is COc1cc(C2C(=C([O-])c3ccc(OCc4ccccc4)c(C)c3)C(=O)C(=O)N2CCC[NH+]2CCOCC2)cc(OC)c1OC. The summed E-state index contributed by atoms with van der Waals surface area (Å²) in [6.07, 6.45) is 0.656. The number of benzene rings is 3. The monoisotopic (exact) mass is 616 g/mol. The number of carbonyl (C=O) groups is 2. The molecule has 10 heteroatoms. The number of amides is 1. The number of nitrogens with zero attached hydrogens (tertiary/aromatic N) is 1. The molecular weight excluding hydrogens is 576 g/mol. The summed E-state index contributed by atoms with van der Waals surface area (Å²) in [6, 6.07) is 17.3. The Labute approximate surface area is 263 Å². The summed E-state index contributed by atoms with van der Waals surface area (Å²) >= 11 is 0. The molecule has 2 fully saturated rings. The van der Waals surface area contributed by atoms with Crippen molar-refractivity contribution in [2.24, 2.45) is 0 Å². The molecule has 45 heavy (non-hydrogen) atoms. The molecule has 0 radical (unpaired) electrons. The number of quaternary nitrogens is 1. The highest BCUT2D eigenvalue weighted by Crippen LogP contribution is 2.45. The van der Waals surface area contributed by atoms with Crippen LogP contribution < -0.4 is 29.0 Å². The maximum absolute atomic E-state index is 14.1. The lowest BCUT2D eigenvalue weighted by Crippen LogP contribution is -3.14. The summed E-state index contributed by atoms with van der Waals surface area (Å²) in [4.78, 5) is 30.1. The first-order valence-corrected chi connectivity index (χ1v) is 15.1. The summed E-state index contributed by atoms with van der Waals surface area (Å²) < 4.78 is 28.1. The second-order valence-electron chi connectivity index (χ2n) is 11.2. The summed E-state index contributed by atoms with van der Waals surface area (Å²) in [7, 11) is 4.49. The van der Waals surface area contributed by atoms with Crippen molar-refractivity contribution < 1.29 is 43.3 Å². The van der Waals surface area contributed by atoms with E-state index in [0.29, 0.717) is 66.9 Å². The minimum absolute atomic E-state index is 0.106. The normalized spacial score (nSPS) is 18.2.